The molecule has 1 aromatic rings. The summed E-state index contributed by atoms with van der Waals surface area (Å²) in [4.78, 5) is 0. The zero-order valence-corrected chi connectivity index (χ0v) is 21.0. The van der Waals surface area contributed by atoms with Crippen LogP contribution in [0.2, 0.25) is 0 Å². The maximum absolute atomic E-state index is 14.8. The molecule has 0 N–H and O–H groups in total. The van der Waals surface area contributed by atoms with E-state index < -0.39 is 11.6 Å². The zero-order valence-electron chi connectivity index (χ0n) is 21.0. The molecule has 0 bridgehead atoms. The average Bonchev–Trinajstić information content (AvgIpc) is 2.85. The Morgan fingerprint density at radius 3 is 2.21 bits per heavy atom. The fraction of sp³-hybridized carbons (Fsp3) is 0.742. The Labute approximate surface area is 201 Å². The van der Waals surface area contributed by atoms with Crippen LogP contribution in [0.25, 0.3) is 0 Å². The van der Waals surface area contributed by atoms with Gasteiger partial charge in [-0.25, -0.2) is 8.78 Å². The number of hydrogen-bond donors (Lipinski definition) is 0. The summed E-state index contributed by atoms with van der Waals surface area (Å²) in [7, 11) is 0. The molecule has 2 heteroatoms. The lowest BCUT2D eigenvalue weighted by Crippen LogP contribution is -2.34. The summed E-state index contributed by atoms with van der Waals surface area (Å²) in [5.74, 6) is 3.64. The highest BCUT2D eigenvalue weighted by molar-refractivity contribution is 5.29. The number of hydrogen-bond acceptors (Lipinski definition) is 0. The van der Waals surface area contributed by atoms with Crippen LogP contribution in [-0.4, -0.2) is 0 Å². The first kappa shape index (κ1) is 24.9. The summed E-state index contributed by atoms with van der Waals surface area (Å²) >= 11 is 0. The Bertz CT molecular complexity index is 760. The highest BCUT2D eigenvalue weighted by atomic mass is 19.2. The number of unbranched alkanes of at least 4 members (excludes halogenated alkanes) is 2. The number of rotatable bonds is 9. The quantitative estimate of drug-likeness (QED) is 0.256. The molecule has 0 amide bonds. The Kier molecular flexibility index (Phi) is 9.05. The molecule has 4 unspecified atom stereocenters. The highest BCUT2D eigenvalue weighted by Crippen LogP contribution is 2.50. The first-order valence-corrected chi connectivity index (χ1v) is 14.2. The third kappa shape index (κ3) is 6.09. The topological polar surface area (TPSA) is 0 Å². The van der Waals surface area contributed by atoms with Crippen LogP contribution >= 0.6 is 0 Å². The Hall–Kier alpha value is -1.18. The number of aryl methyl sites for hydroxylation is 1. The average molecular weight is 457 g/mol. The SMILES string of the molecule is C=CCCc1ccc(C2CCC(C3CCC4CC(CCCCC)CCC4C3)CC2)c(F)c1F. The molecule has 0 saturated heterocycles. The van der Waals surface area contributed by atoms with Crippen molar-refractivity contribution in [3.8, 4) is 0 Å². The minimum Gasteiger partial charge on any atom is -0.203 e. The minimum atomic E-state index is -0.625. The highest BCUT2D eigenvalue weighted by Gasteiger charge is 2.39. The van der Waals surface area contributed by atoms with Crippen LogP contribution in [0.1, 0.15) is 120 Å². The minimum absolute atomic E-state index is 0.194. The van der Waals surface area contributed by atoms with Gasteiger partial charge in [-0.2, -0.15) is 0 Å². The lowest BCUT2D eigenvalue weighted by molar-refractivity contribution is 0.0612. The maximum Gasteiger partial charge on any atom is 0.162 e. The number of benzene rings is 1. The molecule has 0 spiro atoms. The van der Waals surface area contributed by atoms with Gasteiger partial charge in [0.05, 0.1) is 0 Å². The van der Waals surface area contributed by atoms with Crippen molar-refractivity contribution in [2.24, 2.45) is 29.6 Å². The first-order valence-electron chi connectivity index (χ1n) is 14.2. The van der Waals surface area contributed by atoms with E-state index in [0.717, 1.165) is 42.4 Å². The van der Waals surface area contributed by atoms with Crippen LogP contribution < -0.4 is 0 Å². The summed E-state index contributed by atoms with van der Waals surface area (Å²) in [6.07, 6.45) is 21.8. The number of allylic oxidation sites excluding steroid dienone is 1. The van der Waals surface area contributed by atoms with Crippen molar-refractivity contribution >= 4 is 0 Å². The Morgan fingerprint density at radius 1 is 0.818 bits per heavy atom. The van der Waals surface area contributed by atoms with Crippen LogP contribution in [-0.2, 0) is 6.42 Å². The van der Waals surface area contributed by atoms with Crippen LogP contribution in [0.4, 0.5) is 8.78 Å². The van der Waals surface area contributed by atoms with Crippen molar-refractivity contribution in [3.05, 3.63) is 47.5 Å². The van der Waals surface area contributed by atoms with Crippen molar-refractivity contribution in [1.29, 1.82) is 0 Å². The summed E-state index contributed by atoms with van der Waals surface area (Å²) < 4.78 is 29.4. The van der Waals surface area contributed by atoms with E-state index in [1.54, 1.807) is 6.08 Å². The van der Waals surface area contributed by atoms with Gasteiger partial charge in [0.2, 0.25) is 0 Å². The molecule has 3 saturated carbocycles. The van der Waals surface area contributed by atoms with Gasteiger partial charge in [0.15, 0.2) is 11.6 Å². The van der Waals surface area contributed by atoms with E-state index in [-0.39, 0.29) is 5.92 Å². The van der Waals surface area contributed by atoms with Gasteiger partial charge in [-0.1, -0.05) is 57.2 Å². The van der Waals surface area contributed by atoms with Gasteiger partial charge in [0.25, 0.3) is 0 Å². The van der Waals surface area contributed by atoms with Crippen molar-refractivity contribution in [3.63, 3.8) is 0 Å². The van der Waals surface area contributed by atoms with Crippen molar-refractivity contribution in [2.45, 2.75) is 116 Å². The summed E-state index contributed by atoms with van der Waals surface area (Å²) in [5, 5.41) is 0. The lowest BCUT2D eigenvalue weighted by Gasteiger charge is -2.45. The van der Waals surface area contributed by atoms with E-state index in [1.807, 2.05) is 12.1 Å². The second kappa shape index (κ2) is 12.0. The predicted octanol–water partition coefficient (Wildman–Crippen LogP) is 9.77. The summed E-state index contributed by atoms with van der Waals surface area (Å²) in [6, 6.07) is 3.68. The first-order chi connectivity index (χ1) is 16.1. The van der Waals surface area contributed by atoms with Gasteiger partial charge < -0.3 is 0 Å². The molecule has 184 valence electrons. The van der Waals surface area contributed by atoms with E-state index in [9.17, 15) is 8.78 Å². The molecular weight excluding hydrogens is 410 g/mol. The van der Waals surface area contributed by atoms with E-state index in [1.165, 1.54) is 77.0 Å². The van der Waals surface area contributed by atoms with Gasteiger partial charge in [0, 0.05) is 0 Å². The fourth-order valence-corrected chi connectivity index (χ4v) is 7.67. The van der Waals surface area contributed by atoms with Crippen molar-refractivity contribution < 1.29 is 8.78 Å². The van der Waals surface area contributed by atoms with Crippen LogP contribution in [0, 0.1) is 41.2 Å². The summed E-state index contributed by atoms with van der Waals surface area (Å²) in [6.45, 7) is 5.99. The van der Waals surface area contributed by atoms with Gasteiger partial charge in [-0.05, 0) is 117 Å². The molecular formula is C31H46F2. The molecule has 0 aromatic heterocycles. The van der Waals surface area contributed by atoms with Crippen LogP contribution in [0.3, 0.4) is 0 Å². The van der Waals surface area contributed by atoms with Crippen molar-refractivity contribution in [1.82, 2.24) is 0 Å². The smallest absolute Gasteiger partial charge is 0.162 e. The monoisotopic (exact) mass is 456 g/mol. The molecule has 0 nitrogen and oxygen atoms in total. The fourth-order valence-electron chi connectivity index (χ4n) is 7.67. The predicted molar refractivity (Wildman–Crippen MR) is 135 cm³/mol. The van der Waals surface area contributed by atoms with Crippen LogP contribution in [0.15, 0.2) is 24.8 Å². The van der Waals surface area contributed by atoms with E-state index in [2.05, 4.69) is 13.5 Å². The standard InChI is InChI=1S/C31H46F2/c1-3-5-7-8-22-10-11-28-21-27(17-16-26(28)20-22)23-12-14-24(15-13-23)29-19-18-25(9-6-4-2)30(32)31(29)33/h4,18-19,22-24,26-28H,2-3,5-17,20-21H2,1H3. The Morgan fingerprint density at radius 2 is 1.48 bits per heavy atom. The maximum atomic E-state index is 14.8. The van der Waals surface area contributed by atoms with E-state index >= 15 is 0 Å². The molecule has 0 heterocycles. The molecule has 4 rings (SSSR count). The number of fused-ring (bicyclic) bond motifs is 1. The molecule has 3 aliphatic carbocycles. The van der Waals surface area contributed by atoms with Crippen LogP contribution in [0.5, 0.6) is 0 Å². The van der Waals surface area contributed by atoms with E-state index in [4.69, 9.17) is 0 Å². The molecule has 33 heavy (non-hydrogen) atoms. The van der Waals surface area contributed by atoms with Gasteiger partial charge in [-0.3, -0.25) is 0 Å². The van der Waals surface area contributed by atoms with Gasteiger partial charge >= 0.3 is 0 Å². The molecule has 1 aromatic carbocycles. The second-order valence-electron chi connectivity index (χ2n) is 11.6. The van der Waals surface area contributed by atoms with Gasteiger partial charge in [-0.15, -0.1) is 6.58 Å². The molecule has 0 radical (unpaired) electrons. The Balaban J connectivity index is 1.26. The largest absolute Gasteiger partial charge is 0.203 e. The number of halogens is 2. The normalized spacial score (nSPS) is 32.3. The van der Waals surface area contributed by atoms with Crippen molar-refractivity contribution in [2.75, 3.05) is 0 Å². The second-order valence-corrected chi connectivity index (χ2v) is 11.6. The molecule has 4 atom stereocenters. The zero-order chi connectivity index (χ0) is 23.2. The molecule has 3 fully saturated rings. The summed E-state index contributed by atoms with van der Waals surface area (Å²) in [5.41, 5.74) is 1.11. The molecule has 3 aliphatic rings. The van der Waals surface area contributed by atoms with Gasteiger partial charge in [0.1, 0.15) is 0 Å². The molecule has 0 aliphatic heterocycles. The third-order valence-electron chi connectivity index (χ3n) is 9.67. The van der Waals surface area contributed by atoms with E-state index in [0.29, 0.717) is 24.0 Å². The lowest BCUT2D eigenvalue weighted by atomic mass is 9.60. The third-order valence-corrected chi connectivity index (χ3v) is 9.67.